The van der Waals surface area contributed by atoms with E-state index in [1.807, 2.05) is 0 Å². The lowest BCUT2D eigenvalue weighted by molar-refractivity contribution is -0.143. The number of hydrogen-bond acceptors (Lipinski definition) is 5. The van der Waals surface area contributed by atoms with Gasteiger partial charge in [-0.3, -0.25) is 9.59 Å². The van der Waals surface area contributed by atoms with Crippen molar-refractivity contribution in [3.63, 3.8) is 0 Å². The van der Waals surface area contributed by atoms with Crippen molar-refractivity contribution in [2.75, 3.05) is 13.2 Å². The fourth-order valence-corrected chi connectivity index (χ4v) is 11.9. The molecule has 0 aliphatic heterocycles. The van der Waals surface area contributed by atoms with Crippen LogP contribution in [-0.4, -0.2) is 47.4 Å². The largest absolute Gasteiger partial charge is 0.466 e. The van der Waals surface area contributed by atoms with Gasteiger partial charge >= 0.3 is 5.97 Å². The zero-order chi connectivity index (χ0) is 59.9. The molecular formula is C77H147NO5. The molecule has 0 aromatic rings. The van der Waals surface area contributed by atoms with Gasteiger partial charge in [0.15, 0.2) is 0 Å². The number of allylic oxidation sites excluding steroid dienone is 6. The second-order valence-electron chi connectivity index (χ2n) is 26.0. The Balaban J connectivity index is 3.35. The summed E-state index contributed by atoms with van der Waals surface area (Å²) in [6.07, 6.45) is 93.6. The first-order valence-corrected chi connectivity index (χ1v) is 37.7. The second kappa shape index (κ2) is 72.6. The summed E-state index contributed by atoms with van der Waals surface area (Å²) < 4.78 is 5.51. The van der Waals surface area contributed by atoms with Crippen LogP contribution in [0.1, 0.15) is 418 Å². The van der Waals surface area contributed by atoms with Crippen LogP contribution in [0.5, 0.6) is 0 Å². The topological polar surface area (TPSA) is 95.9 Å². The average molecular weight is 1170 g/mol. The molecule has 490 valence electrons. The molecule has 0 spiro atoms. The third kappa shape index (κ3) is 69.1. The fraction of sp³-hybridized carbons (Fsp3) is 0.896. The highest BCUT2D eigenvalue weighted by Gasteiger charge is 2.20. The van der Waals surface area contributed by atoms with E-state index >= 15 is 0 Å². The summed E-state index contributed by atoms with van der Waals surface area (Å²) in [5.74, 6) is -0.0151. The summed E-state index contributed by atoms with van der Waals surface area (Å²) in [4.78, 5) is 24.6. The van der Waals surface area contributed by atoms with Gasteiger partial charge in [-0.05, 0) is 83.5 Å². The van der Waals surface area contributed by atoms with E-state index in [2.05, 4.69) is 55.6 Å². The molecule has 0 rings (SSSR count). The molecule has 0 aliphatic carbocycles. The first kappa shape index (κ1) is 81.1. The monoisotopic (exact) mass is 1170 g/mol. The maximum atomic E-state index is 12.5. The number of nitrogens with one attached hydrogen (secondary N) is 1. The Morgan fingerprint density at radius 3 is 0.952 bits per heavy atom. The van der Waals surface area contributed by atoms with Crippen LogP contribution in [0.3, 0.4) is 0 Å². The van der Waals surface area contributed by atoms with Gasteiger partial charge in [0.05, 0.1) is 25.4 Å². The van der Waals surface area contributed by atoms with Crippen molar-refractivity contribution in [2.24, 2.45) is 0 Å². The first-order chi connectivity index (χ1) is 41.0. The Hall–Kier alpha value is -1.92. The molecule has 0 saturated heterocycles. The van der Waals surface area contributed by atoms with Crippen molar-refractivity contribution >= 4 is 11.9 Å². The Labute approximate surface area is 519 Å². The maximum absolute atomic E-state index is 12.5. The highest BCUT2D eigenvalue weighted by molar-refractivity contribution is 5.76. The van der Waals surface area contributed by atoms with Gasteiger partial charge in [-0.15, -0.1) is 0 Å². The molecule has 2 atom stereocenters. The molecule has 0 aromatic carbocycles. The summed E-state index contributed by atoms with van der Waals surface area (Å²) >= 11 is 0. The molecule has 1 amide bonds. The number of hydrogen-bond donors (Lipinski definition) is 3. The number of unbranched alkanes of at least 4 members (excludes halogenated alkanes) is 54. The summed E-state index contributed by atoms with van der Waals surface area (Å²) in [6.45, 7) is 4.96. The minimum absolute atomic E-state index is 0.0145. The molecule has 6 heteroatoms. The van der Waals surface area contributed by atoms with E-state index in [9.17, 15) is 19.8 Å². The third-order valence-electron chi connectivity index (χ3n) is 17.7. The molecule has 6 nitrogen and oxygen atoms in total. The van der Waals surface area contributed by atoms with Crippen LogP contribution in [0.15, 0.2) is 36.5 Å². The second-order valence-corrected chi connectivity index (χ2v) is 26.0. The van der Waals surface area contributed by atoms with Gasteiger partial charge < -0.3 is 20.3 Å². The number of esters is 1. The van der Waals surface area contributed by atoms with Gasteiger partial charge in [-0.2, -0.15) is 0 Å². The van der Waals surface area contributed by atoms with Crippen LogP contribution >= 0.6 is 0 Å². The van der Waals surface area contributed by atoms with Gasteiger partial charge in [-0.1, -0.05) is 359 Å². The quantitative estimate of drug-likeness (QED) is 0.0320. The van der Waals surface area contributed by atoms with Crippen molar-refractivity contribution in [2.45, 2.75) is 431 Å². The molecule has 2 unspecified atom stereocenters. The molecular weight excluding hydrogens is 1020 g/mol. The summed E-state index contributed by atoms with van der Waals surface area (Å²) in [6, 6.07) is -0.540. The standard InChI is InChI=1S/C77H147NO5/c1-3-5-7-9-11-13-15-17-19-21-35-39-43-47-51-55-59-63-67-71-77(82)83-72-68-64-60-56-52-48-44-40-37-34-32-30-28-26-24-22-23-25-27-29-31-33-36-38-42-46-50-54-58-62-66-70-76(81)78-74(73-79)75(80)69-65-61-57-53-49-45-41-20-18-16-14-12-10-8-6-4-2/h11,13,17,19,24,26,74-75,79-80H,3-10,12,14-16,18,20-23,25,27-73H2,1-2H3,(H,78,81)/b13-11-,19-17-,26-24-. The molecule has 83 heavy (non-hydrogen) atoms. The maximum Gasteiger partial charge on any atom is 0.305 e. The lowest BCUT2D eigenvalue weighted by Gasteiger charge is -2.22. The van der Waals surface area contributed by atoms with Gasteiger partial charge in [0.1, 0.15) is 0 Å². The molecule has 0 saturated carbocycles. The summed E-state index contributed by atoms with van der Waals surface area (Å²) in [5, 5.41) is 23.4. The normalized spacial score (nSPS) is 12.7. The number of carbonyl (C=O) groups is 2. The third-order valence-corrected chi connectivity index (χ3v) is 17.7. The van der Waals surface area contributed by atoms with Gasteiger partial charge in [0, 0.05) is 12.8 Å². The summed E-state index contributed by atoms with van der Waals surface area (Å²) in [7, 11) is 0. The highest BCUT2D eigenvalue weighted by atomic mass is 16.5. The molecule has 0 fully saturated rings. The van der Waals surface area contributed by atoms with E-state index in [1.54, 1.807) is 0 Å². The molecule has 0 radical (unpaired) electrons. The number of aliphatic hydroxyl groups excluding tert-OH is 2. The Bertz CT molecular complexity index is 1340. The van der Waals surface area contributed by atoms with Crippen LogP contribution in [0.2, 0.25) is 0 Å². The predicted molar refractivity (Wildman–Crippen MR) is 366 cm³/mol. The van der Waals surface area contributed by atoms with Crippen molar-refractivity contribution in [3.8, 4) is 0 Å². The lowest BCUT2D eigenvalue weighted by Crippen LogP contribution is -2.45. The van der Waals surface area contributed by atoms with Gasteiger partial charge in [0.25, 0.3) is 0 Å². The first-order valence-electron chi connectivity index (χ1n) is 37.7. The van der Waals surface area contributed by atoms with Gasteiger partial charge in [0.2, 0.25) is 5.91 Å². The Morgan fingerprint density at radius 2 is 0.602 bits per heavy atom. The number of rotatable bonds is 71. The molecule has 0 aliphatic rings. The summed E-state index contributed by atoms with van der Waals surface area (Å²) in [5.41, 5.74) is 0. The lowest BCUT2D eigenvalue weighted by atomic mass is 10.0. The number of ether oxygens (including phenoxy) is 1. The molecule has 0 aromatic heterocycles. The van der Waals surface area contributed by atoms with Crippen LogP contribution in [0.25, 0.3) is 0 Å². The average Bonchev–Trinajstić information content (AvgIpc) is 3.49. The van der Waals surface area contributed by atoms with Crippen LogP contribution in [0, 0.1) is 0 Å². The number of aliphatic hydroxyl groups is 2. The van der Waals surface area contributed by atoms with Crippen molar-refractivity contribution in [1.29, 1.82) is 0 Å². The SMILES string of the molecule is CCCCC/C=C\C/C=C\CCCCCCCCCCCC(=O)OCCCCCCCCCCCCCC/C=C\CCCCCCCCCCCCCCCCCC(=O)NC(CO)C(O)CCCCCCCCCCCCCCCCCC. The van der Waals surface area contributed by atoms with E-state index < -0.39 is 12.1 Å². The Morgan fingerprint density at radius 1 is 0.337 bits per heavy atom. The van der Waals surface area contributed by atoms with Crippen molar-refractivity contribution in [1.82, 2.24) is 5.32 Å². The number of carbonyl (C=O) groups excluding carboxylic acids is 2. The predicted octanol–water partition coefficient (Wildman–Crippen LogP) is 24.7. The minimum Gasteiger partial charge on any atom is -0.466 e. The van der Waals surface area contributed by atoms with Crippen molar-refractivity contribution < 1.29 is 24.5 Å². The van der Waals surface area contributed by atoms with Crippen LogP contribution in [-0.2, 0) is 14.3 Å². The smallest absolute Gasteiger partial charge is 0.305 e. The molecule has 0 heterocycles. The van der Waals surface area contributed by atoms with E-state index in [1.165, 1.54) is 334 Å². The van der Waals surface area contributed by atoms with E-state index in [-0.39, 0.29) is 18.5 Å². The van der Waals surface area contributed by atoms with Crippen LogP contribution < -0.4 is 5.32 Å². The van der Waals surface area contributed by atoms with E-state index in [0.717, 1.165) is 51.4 Å². The highest BCUT2D eigenvalue weighted by Crippen LogP contribution is 2.19. The zero-order valence-corrected chi connectivity index (χ0v) is 56.2. The van der Waals surface area contributed by atoms with E-state index in [0.29, 0.717) is 25.9 Å². The van der Waals surface area contributed by atoms with Crippen LogP contribution in [0.4, 0.5) is 0 Å². The van der Waals surface area contributed by atoms with E-state index in [4.69, 9.17) is 4.74 Å². The molecule has 0 bridgehead atoms. The van der Waals surface area contributed by atoms with Crippen molar-refractivity contribution in [3.05, 3.63) is 36.5 Å². The minimum atomic E-state index is -0.663. The molecule has 3 N–H and O–H groups in total. The van der Waals surface area contributed by atoms with Gasteiger partial charge in [-0.25, -0.2) is 0 Å². The fourth-order valence-electron chi connectivity index (χ4n) is 11.9. The Kier molecular flexibility index (Phi) is 70.9. The zero-order valence-electron chi connectivity index (χ0n) is 56.2. The number of amides is 1.